The quantitative estimate of drug-likeness (QED) is 0.389. The van der Waals surface area contributed by atoms with Gasteiger partial charge >= 0.3 is 6.09 Å². The zero-order chi connectivity index (χ0) is 17.7. The van der Waals surface area contributed by atoms with E-state index < -0.39 is 16.6 Å². The lowest BCUT2D eigenvalue weighted by Gasteiger charge is -2.19. The van der Waals surface area contributed by atoms with Crippen molar-refractivity contribution in [1.82, 2.24) is 15.5 Å². The average Bonchev–Trinajstić information content (AvgIpc) is 2.87. The summed E-state index contributed by atoms with van der Waals surface area (Å²) in [5, 5.41) is 20.8. The third-order valence-corrected chi connectivity index (χ3v) is 2.88. The molecule has 0 aliphatic heterocycles. The molecule has 2 rings (SSSR count). The van der Waals surface area contributed by atoms with Crippen LogP contribution >= 0.6 is 0 Å². The number of H-pyrrole nitrogens is 1. The first kappa shape index (κ1) is 17.3. The van der Waals surface area contributed by atoms with Crippen LogP contribution in [-0.4, -0.2) is 33.4 Å². The minimum absolute atomic E-state index is 0.0185. The standard InChI is InChI=1S/C16H18N4O4/c1-16(2,3)24-15(21)17-9-5-4-6-13-12-8-7-11(20(22)23)10-14(12)19-18-13/h7-8,10H,5,9H2,1-3H3,(H,17,21)(H,18,19). The fourth-order valence-electron chi connectivity index (χ4n) is 1.90. The zero-order valence-corrected chi connectivity index (χ0v) is 13.7. The molecule has 1 heterocycles. The number of alkyl carbamates (subject to hydrolysis) is 1. The van der Waals surface area contributed by atoms with Crippen molar-refractivity contribution in [2.45, 2.75) is 32.8 Å². The molecule has 2 aromatic rings. The van der Waals surface area contributed by atoms with Gasteiger partial charge in [-0.1, -0.05) is 5.92 Å². The number of nitrogens with one attached hydrogen (secondary N) is 2. The molecular weight excluding hydrogens is 312 g/mol. The van der Waals surface area contributed by atoms with Gasteiger partial charge < -0.3 is 10.1 Å². The lowest BCUT2D eigenvalue weighted by molar-refractivity contribution is -0.384. The molecule has 126 valence electrons. The number of carbonyl (C=O) groups is 1. The van der Waals surface area contributed by atoms with Gasteiger partial charge in [-0.2, -0.15) is 5.10 Å². The van der Waals surface area contributed by atoms with Crippen molar-refractivity contribution in [1.29, 1.82) is 0 Å². The van der Waals surface area contributed by atoms with E-state index in [1.54, 1.807) is 26.8 Å². The molecular formula is C16H18N4O4. The van der Waals surface area contributed by atoms with Crippen LogP contribution in [0.5, 0.6) is 0 Å². The summed E-state index contributed by atoms with van der Waals surface area (Å²) in [6.45, 7) is 5.74. The summed E-state index contributed by atoms with van der Waals surface area (Å²) in [4.78, 5) is 21.7. The van der Waals surface area contributed by atoms with Gasteiger partial charge in [0.15, 0.2) is 0 Å². The maximum absolute atomic E-state index is 11.5. The predicted octanol–water partition coefficient (Wildman–Crippen LogP) is 2.74. The molecule has 0 saturated carbocycles. The van der Waals surface area contributed by atoms with Crippen molar-refractivity contribution >= 4 is 22.7 Å². The van der Waals surface area contributed by atoms with E-state index in [2.05, 4.69) is 27.4 Å². The van der Waals surface area contributed by atoms with Crippen LogP contribution in [0.25, 0.3) is 10.9 Å². The van der Waals surface area contributed by atoms with Crippen molar-refractivity contribution in [3.63, 3.8) is 0 Å². The number of amides is 1. The molecule has 1 amide bonds. The molecule has 1 aromatic carbocycles. The van der Waals surface area contributed by atoms with Crippen molar-refractivity contribution in [3.8, 4) is 11.8 Å². The second-order valence-corrected chi connectivity index (χ2v) is 6.04. The Morgan fingerprint density at radius 3 is 2.88 bits per heavy atom. The Morgan fingerprint density at radius 2 is 2.21 bits per heavy atom. The number of carbonyl (C=O) groups excluding carboxylic acids is 1. The number of fused-ring (bicyclic) bond motifs is 1. The molecule has 0 aliphatic rings. The molecule has 8 nitrogen and oxygen atoms in total. The van der Waals surface area contributed by atoms with Gasteiger partial charge in [-0.15, -0.1) is 0 Å². The largest absolute Gasteiger partial charge is 0.444 e. The molecule has 1 aromatic heterocycles. The van der Waals surface area contributed by atoms with Crippen LogP contribution in [0.2, 0.25) is 0 Å². The molecule has 0 aliphatic carbocycles. The molecule has 0 fully saturated rings. The lowest BCUT2D eigenvalue weighted by Crippen LogP contribution is -2.32. The van der Waals surface area contributed by atoms with E-state index in [0.29, 0.717) is 29.6 Å². The number of nitro groups is 1. The van der Waals surface area contributed by atoms with E-state index in [0.717, 1.165) is 0 Å². The van der Waals surface area contributed by atoms with E-state index in [1.165, 1.54) is 12.1 Å². The summed E-state index contributed by atoms with van der Waals surface area (Å²) in [7, 11) is 0. The minimum Gasteiger partial charge on any atom is -0.444 e. The first-order valence-corrected chi connectivity index (χ1v) is 7.34. The van der Waals surface area contributed by atoms with E-state index in [1.807, 2.05) is 0 Å². The summed E-state index contributed by atoms with van der Waals surface area (Å²) in [6.07, 6.45) is -0.0455. The van der Waals surface area contributed by atoms with Crippen molar-refractivity contribution in [2.24, 2.45) is 0 Å². The first-order chi connectivity index (χ1) is 11.3. The molecule has 0 bridgehead atoms. The molecule has 0 atom stereocenters. The molecule has 0 saturated heterocycles. The average molecular weight is 330 g/mol. The van der Waals surface area contributed by atoms with Gasteiger partial charge in [-0.05, 0) is 32.8 Å². The van der Waals surface area contributed by atoms with Crippen LogP contribution in [0.4, 0.5) is 10.5 Å². The van der Waals surface area contributed by atoms with Crippen LogP contribution in [0.3, 0.4) is 0 Å². The SMILES string of the molecule is CC(C)(C)OC(=O)NCCC#Cc1[nH]nc2cc([N+](=O)[O-])ccc12. The number of ether oxygens (including phenoxy) is 1. The number of benzene rings is 1. The number of nitrogens with zero attached hydrogens (tertiary/aromatic N) is 2. The number of aromatic amines is 1. The summed E-state index contributed by atoms with van der Waals surface area (Å²) < 4.78 is 5.11. The fourth-order valence-corrected chi connectivity index (χ4v) is 1.90. The number of rotatable bonds is 3. The molecule has 0 spiro atoms. The molecule has 2 N–H and O–H groups in total. The van der Waals surface area contributed by atoms with Crippen LogP contribution in [0, 0.1) is 22.0 Å². The second kappa shape index (κ2) is 7.00. The van der Waals surface area contributed by atoms with E-state index >= 15 is 0 Å². The number of hydrogen-bond acceptors (Lipinski definition) is 5. The molecule has 24 heavy (non-hydrogen) atoms. The van der Waals surface area contributed by atoms with Crippen LogP contribution in [0.1, 0.15) is 32.9 Å². The first-order valence-electron chi connectivity index (χ1n) is 7.34. The highest BCUT2D eigenvalue weighted by atomic mass is 16.6. The Labute approximate surface area is 138 Å². The number of aromatic nitrogens is 2. The topological polar surface area (TPSA) is 110 Å². The Hall–Kier alpha value is -3.08. The van der Waals surface area contributed by atoms with Gasteiger partial charge in [0.1, 0.15) is 16.8 Å². The summed E-state index contributed by atoms with van der Waals surface area (Å²) in [5.41, 5.74) is 0.514. The number of hydrogen-bond donors (Lipinski definition) is 2. The van der Waals surface area contributed by atoms with Gasteiger partial charge in [0.2, 0.25) is 0 Å². The van der Waals surface area contributed by atoms with Gasteiger partial charge in [0.25, 0.3) is 5.69 Å². The van der Waals surface area contributed by atoms with E-state index in [9.17, 15) is 14.9 Å². The van der Waals surface area contributed by atoms with Gasteiger partial charge in [0.05, 0.1) is 4.92 Å². The Bertz CT molecular complexity index is 824. The highest BCUT2D eigenvalue weighted by Gasteiger charge is 2.15. The van der Waals surface area contributed by atoms with Crippen LogP contribution in [0.15, 0.2) is 18.2 Å². The van der Waals surface area contributed by atoms with Crippen LogP contribution in [-0.2, 0) is 4.74 Å². The van der Waals surface area contributed by atoms with Gasteiger partial charge in [-0.25, -0.2) is 4.79 Å². The Kier molecular flexibility index (Phi) is 5.04. The van der Waals surface area contributed by atoms with E-state index in [4.69, 9.17) is 4.74 Å². The minimum atomic E-state index is -0.535. The fraction of sp³-hybridized carbons (Fsp3) is 0.375. The van der Waals surface area contributed by atoms with Gasteiger partial charge in [0, 0.05) is 30.5 Å². The summed E-state index contributed by atoms with van der Waals surface area (Å²) in [6, 6.07) is 4.41. The summed E-state index contributed by atoms with van der Waals surface area (Å²) >= 11 is 0. The molecule has 0 unspecified atom stereocenters. The smallest absolute Gasteiger partial charge is 0.407 e. The van der Waals surface area contributed by atoms with Crippen molar-refractivity contribution in [2.75, 3.05) is 6.54 Å². The highest BCUT2D eigenvalue weighted by molar-refractivity contribution is 5.85. The van der Waals surface area contributed by atoms with Crippen molar-refractivity contribution < 1.29 is 14.5 Å². The highest BCUT2D eigenvalue weighted by Crippen LogP contribution is 2.21. The number of nitro benzene ring substituents is 1. The lowest BCUT2D eigenvalue weighted by atomic mass is 10.2. The second-order valence-electron chi connectivity index (χ2n) is 6.04. The number of non-ortho nitro benzene ring substituents is 1. The zero-order valence-electron chi connectivity index (χ0n) is 13.7. The maximum Gasteiger partial charge on any atom is 0.407 e. The van der Waals surface area contributed by atoms with E-state index in [-0.39, 0.29) is 5.69 Å². The van der Waals surface area contributed by atoms with Gasteiger partial charge in [-0.3, -0.25) is 15.2 Å². The Morgan fingerprint density at radius 1 is 1.46 bits per heavy atom. The summed E-state index contributed by atoms with van der Waals surface area (Å²) in [5.74, 6) is 5.82. The normalized spacial score (nSPS) is 10.8. The third-order valence-electron chi connectivity index (χ3n) is 2.88. The Balaban J connectivity index is 1.93. The monoisotopic (exact) mass is 330 g/mol. The molecule has 8 heteroatoms. The third kappa shape index (κ3) is 4.71. The maximum atomic E-state index is 11.5. The predicted molar refractivity (Wildman–Crippen MR) is 88.5 cm³/mol. The van der Waals surface area contributed by atoms with Crippen LogP contribution < -0.4 is 5.32 Å². The van der Waals surface area contributed by atoms with Crippen molar-refractivity contribution in [3.05, 3.63) is 34.0 Å². The molecule has 0 radical (unpaired) electrons.